The molecule has 1 aromatic carbocycles. The van der Waals surface area contributed by atoms with Gasteiger partial charge >= 0.3 is 6.18 Å². The number of aldehydes is 1. The van der Waals surface area contributed by atoms with Gasteiger partial charge in [0.15, 0.2) is 6.29 Å². The lowest BCUT2D eigenvalue weighted by atomic mass is 10.2. The number of rotatable bonds is 2. The lowest BCUT2D eigenvalue weighted by Crippen LogP contribution is -2.03. The van der Waals surface area contributed by atoms with Gasteiger partial charge < -0.3 is 0 Å². The molecule has 1 aromatic heterocycles. The van der Waals surface area contributed by atoms with Crippen LogP contribution < -0.4 is 0 Å². The molecular formula is C11H6ClF3N2O. The average Bonchev–Trinajstić information content (AvgIpc) is 2.77. The van der Waals surface area contributed by atoms with Crippen molar-refractivity contribution in [3.63, 3.8) is 0 Å². The smallest absolute Gasteiger partial charge is 0.298 e. The highest BCUT2D eigenvalue weighted by atomic mass is 35.5. The van der Waals surface area contributed by atoms with Crippen LogP contribution in [0, 0.1) is 0 Å². The molecule has 0 aliphatic carbocycles. The van der Waals surface area contributed by atoms with Crippen LogP contribution in [0.15, 0.2) is 30.6 Å². The van der Waals surface area contributed by atoms with Crippen molar-refractivity contribution in [2.75, 3.05) is 0 Å². The lowest BCUT2D eigenvalue weighted by molar-refractivity contribution is -0.137. The highest BCUT2D eigenvalue weighted by Gasteiger charge is 2.32. The van der Waals surface area contributed by atoms with Gasteiger partial charge in [0, 0.05) is 11.8 Å². The zero-order valence-electron chi connectivity index (χ0n) is 8.78. The van der Waals surface area contributed by atoms with Crippen LogP contribution >= 0.6 is 11.6 Å². The van der Waals surface area contributed by atoms with Gasteiger partial charge in [-0.3, -0.25) is 4.79 Å². The van der Waals surface area contributed by atoms with Crippen LogP contribution in [0.2, 0.25) is 5.02 Å². The third-order valence-electron chi connectivity index (χ3n) is 2.29. The molecule has 2 rings (SSSR count). The molecule has 18 heavy (non-hydrogen) atoms. The van der Waals surface area contributed by atoms with Crippen LogP contribution in [0.25, 0.3) is 5.69 Å². The van der Waals surface area contributed by atoms with E-state index in [2.05, 4.69) is 5.10 Å². The molecule has 0 aliphatic heterocycles. The van der Waals surface area contributed by atoms with E-state index in [4.69, 9.17) is 11.6 Å². The maximum atomic E-state index is 12.4. The van der Waals surface area contributed by atoms with Gasteiger partial charge in [0.05, 0.1) is 22.5 Å². The van der Waals surface area contributed by atoms with E-state index in [-0.39, 0.29) is 10.6 Å². The Bertz CT molecular complexity index is 592. The summed E-state index contributed by atoms with van der Waals surface area (Å²) in [5.74, 6) is 0. The minimum absolute atomic E-state index is 0.159. The van der Waals surface area contributed by atoms with Gasteiger partial charge in [-0.05, 0) is 18.2 Å². The molecule has 0 aliphatic rings. The quantitative estimate of drug-likeness (QED) is 0.787. The number of hydrogen-bond acceptors (Lipinski definition) is 2. The van der Waals surface area contributed by atoms with E-state index in [0.29, 0.717) is 12.0 Å². The van der Waals surface area contributed by atoms with E-state index in [0.717, 1.165) is 17.1 Å². The molecule has 3 nitrogen and oxygen atoms in total. The Morgan fingerprint density at radius 3 is 2.56 bits per heavy atom. The molecule has 0 fully saturated rings. The second kappa shape index (κ2) is 4.45. The Labute approximate surface area is 105 Å². The molecule has 0 amide bonds. The van der Waals surface area contributed by atoms with Crippen LogP contribution in [-0.4, -0.2) is 16.1 Å². The molecule has 7 heteroatoms. The number of hydrogen-bond donors (Lipinski definition) is 0. The summed E-state index contributed by atoms with van der Waals surface area (Å²) < 4.78 is 38.2. The van der Waals surface area contributed by atoms with Crippen molar-refractivity contribution >= 4 is 17.9 Å². The summed E-state index contributed by atoms with van der Waals surface area (Å²) in [6.07, 6.45) is -2.30. The van der Waals surface area contributed by atoms with Crippen molar-refractivity contribution in [3.05, 3.63) is 46.7 Å². The van der Waals surface area contributed by atoms with Gasteiger partial charge in [0.25, 0.3) is 0 Å². The van der Waals surface area contributed by atoms with Gasteiger partial charge in [-0.15, -0.1) is 0 Å². The van der Waals surface area contributed by atoms with E-state index >= 15 is 0 Å². The highest BCUT2D eigenvalue weighted by molar-refractivity contribution is 6.33. The van der Waals surface area contributed by atoms with Crippen LogP contribution in [0.4, 0.5) is 13.2 Å². The topological polar surface area (TPSA) is 34.9 Å². The van der Waals surface area contributed by atoms with E-state index in [9.17, 15) is 18.0 Å². The van der Waals surface area contributed by atoms with Gasteiger partial charge in [-0.2, -0.15) is 18.3 Å². The van der Waals surface area contributed by atoms with E-state index < -0.39 is 11.7 Å². The van der Waals surface area contributed by atoms with Gasteiger partial charge in [0.1, 0.15) is 0 Å². The van der Waals surface area contributed by atoms with Crippen molar-refractivity contribution in [2.45, 2.75) is 6.18 Å². The molecule has 94 valence electrons. The first-order valence-electron chi connectivity index (χ1n) is 4.79. The van der Waals surface area contributed by atoms with Gasteiger partial charge in [0.2, 0.25) is 0 Å². The summed E-state index contributed by atoms with van der Waals surface area (Å²) in [7, 11) is 0. The molecule has 1 heterocycles. The molecule has 0 bridgehead atoms. The molecule has 2 aromatic rings. The SMILES string of the molecule is O=Cc1ccc(-n2cc(C(F)(F)F)cn2)cc1Cl. The van der Waals surface area contributed by atoms with Crippen LogP contribution in [-0.2, 0) is 6.18 Å². The fourth-order valence-electron chi connectivity index (χ4n) is 1.36. The summed E-state index contributed by atoms with van der Waals surface area (Å²) in [6, 6.07) is 4.25. The number of benzene rings is 1. The van der Waals surface area contributed by atoms with Crippen LogP contribution in [0.5, 0.6) is 0 Å². The molecule has 0 saturated heterocycles. The largest absolute Gasteiger partial charge is 0.419 e. The normalized spacial score (nSPS) is 11.6. The second-order valence-electron chi connectivity index (χ2n) is 3.50. The first-order chi connectivity index (χ1) is 8.41. The number of aromatic nitrogens is 2. The fraction of sp³-hybridized carbons (Fsp3) is 0.0909. The van der Waals surface area contributed by atoms with E-state index in [1.54, 1.807) is 0 Å². The number of carbonyl (C=O) groups is 1. The molecule has 0 radical (unpaired) electrons. The summed E-state index contributed by atoms with van der Waals surface area (Å²) in [5, 5.41) is 3.76. The Morgan fingerprint density at radius 2 is 2.06 bits per heavy atom. The predicted octanol–water partition coefficient (Wildman–Crippen LogP) is 3.36. The fourth-order valence-corrected chi connectivity index (χ4v) is 1.58. The van der Waals surface area contributed by atoms with Crippen LogP contribution in [0.3, 0.4) is 0 Å². The Kier molecular flexibility index (Phi) is 3.13. The Hall–Kier alpha value is -1.82. The lowest BCUT2D eigenvalue weighted by Gasteiger charge is -2.04. The second-order valence-corrected chi connectivity index (χ2v) is 3.90. The number of nitrogens with zero attached hydrogens (tertiary/aromatic N) is 2. The molecule has 0 saturated carbocycles. The Balaban J connectivity index is 2.40. The summed E-state index contributed by atoms with van der Waals surface area (Å²) in [5.41, 5.74) is -0.234. The van der Waals surface area contributed by atoms with Gasteiger partial charge in [-0.25, -0.2) is 4.68 Å². The maximum Gasteiger partial charge on any atom is 0.419 e. The number of halogens is 4. The summed E-state index contributed by atoms with van der Waals surface area (Å²) >= 11 is 5.78. The standard InChI is InChI=1S/C11H6ClF3N2O/c12-10-3-9(2-1-7(10)6-18)17-5-8(4-16-17)11(13,14)15/h1-6H. The van der Waals surface area contributed by atoms with E-state index in [1.807, 2.05) is 0 Å². The van der Waals surface area contributed by atoms with Crippen LogP contribution in [0.1, 0.15) is 15.9 Å². The summed E-state index contributed by atoms with van der Waals surface area (Å²) in [6.45, 7) is 0. The minimum atomic E-state index is -4.44. The average molecular weight is 275 g/mol. The monoisotopic (exact) mass is 274 g/mol. The van der Waals surface area contributed by atoms with Crippen molar-refractivity contribution in [2.24, 2.45) is 0 Å². The highest BCUT2D eigenvalue weighted by Crippen LogP contribution is 2.29. The van der Waals surface area contributed by atoms with E-state index in [1.165, 1.54) is 18.2 Å². The molecular weight excluding hydrogens is 269 g/mol. The third kappa shape index (κ3) is 2.38. The molecule has 0 unspecified atom stereocenters. The van der Waals surface area contributed by atoms with Crippen molar-refractivity contribution in [1.29, 1.82) is 0 Å². The summed E-state index contributed by atoms with van der Waals surface area (Å²) in [4.78, 5) is 10.6. The predicted molar refractivity (Wildman–Crippen MR) is 59.0 cm³/mol. The maximum absolute atomic E-state index is 12.4. The first-order valence-corrected chi connectivity index (χ1v) is 5.16. The molecule has 0 N–H and O–H groups in total. The zero-order valence-corrected chi connectivity index (χ0v) is 9.53. The first kappa shape index (κ1) is 12.6. The molecule has 0 atom stereocenters. The number of alkyl halides is 3. The third-order valence-corrected chi connectivity index (χ3v) is 2.61. The van der Waals surface area contributed by atoms with Crippen molar-refractivity contribution in [1.82, 2.24) is 9.78 Å². The van der Waals surface area contributed by atoms with Gasteiger partial charge in [-0.1, -0.05) is 11.6 Å². The van der Waals surface area contributed by atoms with Crippen molar-refractivity contribution in [3.8, 4) is 5.69 Å². The zero-order chi connectivity index (χ0) is 13.3. The Morgan fingerprint density at radius 1 is 1.33 bits per heavy atom. The number of carbonyl (C=O) groups excluding carboxylic acids is 1. The molecule has 0 spiro atoms. The minimum Gasteiger partial charge on any atom is -0.298 e. The van der Waals surface area contributed by atoms with Crippen molar-refractivity contribution < 1.29 is 18.0 Å².